The second-order valence-corrected chi connectivity index (χ2v) is 7.74. The number of aromatic nitrogens is 1. The van der Waals surface area contributed by atoms with Crippen molar-refractivity contribution in [2.45, 2.75) is 40.0 Å². The van der Waals surface area contributed by atoms with Gasteiger partial charge < -0.3 is 10.3 Å². The van der Waals surface area contributed by atoms with Crippen molar-refractivity contribution in [2.24, 2.45) is 5.92 Å². The first-order chi connectivity index (χ1) is 13.5. The zero-order chi connectivity index (χ0) is 20.3. The molecular formula is C23H25ClN2O2. The number of rotatable bonds is 8. The molecule has 5 heteroatoms. The van der Waals surface area contributed by atoms with Gasteiger partial charge in [-0.3, -0.25) is 9.59 Å². The van der Waals surface area contributed by atoms with E-state index in [1.54, 1.807) is 0 Å². The zero-order valence-corrected chi connectivity index (χ0v) is 17.2. The molecule has 2 aromatic carbocycles. The summed E-state index contributed by atoms with van der Waals surface area (Å²) in [6, 6.07) is 11.5. The lowest BCUT2D eigenvalue weighted by Crippen LogP contribution is -2.10. The third kappa shape index (κ3) is 3.97. The van der Waals surface area contributed by atoms with E-state index in [0.717, 1.165) is 46.1 Å². The Morgan fingerprint density at radius 1 is 1.21 bits per heavy atom. The van der Waals surface area contributed by atoms with Crippen molar-refractivity contribution in [3.8, 4) is 0 Å². The Morgan fingerprint density at radius 2 is 1.96 bits per heavy atom. The Bertz CT molecular complexity index is 1020. The van der Waals surface area contributed by atoms with Crippen LogP contribution in [0.4, 0.5) is 5.69 Å². The fourth-order valence-electron chi connectivity index (χ4n) is 3.61. The minimum atomic E-state index is -0.101. The Kier molecular flexibility index (Phi) is 6.20. The van der Waals surface area contributed by atoms with Gasteiger partial charge in [-0.25, -0.2) is 0 Å². The van der Waals surface area contributed by atoms with E-state index in [1.165, 1.54) is 0 Å². The lowest BCUT2D eigenvalue weighted by atomic mass is 9.92. The van der Waals surface area contributed by atoms with E-state index in [1.807, 2.05) is 50.2 Å². The van der Waals surface area contributed by atoms with Crippen molar-refractivity contribution in [3.05, 3.63) is 63.8 Å². The van der Waals surface area contributed by atoms with E-state index in [4.69, 9.17) is 11.6 Å². The van der Waals surface area contributed by atoms with Gasteiger partial charge in [-0.1, -0.05) is 57.0 Å². The molecule has 146 valence electrons. The molecule has 0 aliphatic heterocycles. The van der Waals surface area contributed by atoms with E-state index < -0.39 is 0 Å². The molecule has 0 unspecified atom stereocenters. The first kappa shape index (κ1) is 20.2. The van der Waals surface area contributed by atoms with Crippen LogP contribution >= 0.6 is 11.6 Å². The minimum Gasteiger partial charge on any atom is -0.358 e. The number of ketones is 1. The van der Waals surface area contributed by atoms with Crippen LogP contribution in [-0.4, -0.2) is 17.2 Å². The first-order valence-corrected chi connectivity index (χ1v) is 9.99. The van der Waals surface area contributed by atoms with Crippen molar-refractivity contribution in [1.29, 1.82) is 0 Å². The van der Waals surface area contributed by atoms with Gasteiger partial charge in [-0.05, 0) is 42.2 Å². The summed E-state index contributed by atoms with van der Waals surface area (Å²) in [7, 11) is 0. The second kappa shape index (κ2) is 8.61. The molecule has 0 spiro atoms. The molecule has 4 nitrogen and oxygen atoms in total. The SMILES string of the molecule is CCCc1[nH]c2cc(NC=O)cc(Cc3ccccc3Cl)c2c1C(=O)C(C)C. The predicted molar refractivity (Wildman–Crippen MR) is 115 cm³/mol. The summed E-state index contributed by atoms with van der Waals surface area (Å²) < 4.78 is 0. The second-order valence-electron chi connectivity index (χ2n) is 7.34. The summed E-state index contributed by atoms with van der Waals surface area (Å²) in [5.74, 6) is 0.0294. The van der Waals surface area contributed by atoms with Gasteiger partial charge in [-0.15, -0.1) is 0 Å². The first-order valence-electron chi connectivity index (χ1n) is 9.61. The molecule has 0 atom stereocenters. The fourth-order valence-corrected chi connectivity index (χ4v) is 3.81. The average molecular weight is 397 g/mol. The highest BCUT2D eigenvalue weighted by molar-refractivity contribution is 6.31. The highest BCUT2D eigenvalue weighted by Gasteiger charge is 2.23. The number of fused-ring (bicyclic) bond motifs is 1. The van der Waals surface area contributed by atoms with Crippen LogP contribution in [-0.2, 0) is 17.6 Å². The molecule has 0 aliphatic carbocycles. The molecule has 2 N–H and O–H groups in total. The molecule has 3 rings (SSSR count). The molecule has 1 amide bonds. The largest absolute Gasteiger partial charge is 0.358 e. The van der Waals surface area contributed by atoms with Gasteiger partial charge >= 0.3 is 0 Å². The van der Waals surface area contributed by atoms with Crippen molar-refractivity contribution in [2.75, 3.05) is 5.32 Å². The number of anilines is 1. The Morgan fingerprint density at radius 3 is 2.61 bits per heavy atom. The van der Waals surface area contributed by atoms with Gasteiger partial charge in [0.25, 0.3) is 0 Å². The molecule has 28 heavy (non-hydrogen) atoms. The molecule has 3 aromatic rings. The van der Waals surface area contributed by atoms with Crippen molar-refractivity contribution in [1.82, 2.24) is 4.98 Å². The number of aromatic amines is 1. The van der Waals surface area contributed by atoms with E-state index in [9.17, 15) is 9.59 Å². The summed E-state index contributed by atoms with van der Waals surface area (Å²) in [5.41, 5.74) is 5.23. The van der Waals surface area contributed by atoms with Crippen LogP contribution < -0.4 is 5.32 Å². The highest BCUT2D eigenvalue weighted by atomic mass is 35.5. The number of hydrogen-bond donors (Lipinski definition) is 2. The smallest absolute Gasteiger partial charge is 0.211 e. The van der Waals surface area contributed by atoms with Gasteiger partial charge in [0.1, 0.15) is 0 Å². The van der Waals surface area contributed by atoms with Crippen LogP contribution in [0.5, 0.6) is 0 Å². The lowest BCUT2D eigenvalue weighted by molar-refractivity contribution is -0.105. The maximum Gasteiger partial charge on any atom is 0.211 e. The number of carbonyl (C=O) groups excluding carboxylic acids is 2. The normalized spacial score (nSPS) is 11.2. The molecule has 0 radical (unpaired) electrons. The van der Waals surface area contributed by atoms with Crippen molar-refractivity contribution >= 4 is 40.4 Å². The summed E-state index contributed by atoms with van der Waals surface area (Å²) in [5, 5.41) is 4.35. The number of halogens is 1. The summed E-state index contributed by atoms with van der Waals surface area (Å²) in [4.78, 5) is 27.5. The predicted octanol–water partition coefficient (Wildman–Crippen LogP) is 5.77. The van der Waals surface area contributed by atoms with E-state index in [-0.39, 0.29) is 11.7 Å². The molecule has 1 aromatic heterocycles. The third-order valence-corrected chi connectivity index (χ3v) is 5.26. The van der Waals surface area contributed by atoms with Crippen LogP contribution in [0.25, 0.3) is 10.9 Å². The van der Waals surface area contributed by atoms with E-state index in [2.05, 4.69) is 17.2 Å². The van der Waals surface area contributed by atoms with Gasteiger partial charge in [0, 0.05) is 38.8 Å². The number of amides is 1. The molecule has 0 aliphatic rings. The molecule has 0 fully saturated rings. The average Bonchev–Trinajstić information content (AvgIpc) is 3.01. The fraction of sp³-hybridized carbons (Fsp3) is 0.304. The summed E-state index contributed by atoms with van der Waals surface area (Å²) >= 11 is 6.39. The number of benzene rings is 2. The number of Topliss-reactive ketones (excluding diaryl/α,β-unsaturated/α-hetero) is 1. The number of aryl methyl sites for hydroxylation is 1. The zero-order valence-electron chi connectivity index (χ0n) is 16.4. The van der Waals surface area contributed by atoms with Crippen LogP contribution in [0.2, 0.25) is 5.02 Å². The van der Waals surface area contributed by atoms with Gasteiger partial charge in [-0.2, -0.15) is 0 Å². The molecular weight excluding hydrogens is 372 g/mol. The quantitative estimate of drug-likeness (QED) is 0.375. The van der Waals surface area contributed by atoms with E-state index in [0.29, 0.717) is 23.5 Å². The summed E-state index contributed by atoms with van der Waals surface area (Å²) in [6.07, 6.45) is 2.97. The molecule has 0 saturated heterocycles. The van der Waals surface area contributed by atoms with Crippen molar-refractivity contribution in [3.63, 3.8) is 0 Å². The Hall–Kier alpha value is -2.59. The Balaban J connectivity index is 2.27. The topological polar surface area (TPSA) is 62.0 Å². The van der Waals surface area contributed by atoms with Gasteiger partial charge in [0.05, 0.1) is 0 Å². The highest BCUT2D eigenvalue weighted by Crippen LogP contribution is 2.34. The number of nitrogens with one attached hydrogen (secondary N) is 2. The number of carbonyl (C=O) groups is 2. The van der Waals surface area contributed by atoms with Crippen LogP contribution in [0.1, 0.15) is 54.4 Å². The number of H-pyrrole nitrogens is 1. The maximum absolute atomic E-state index is 13.1. The third-order valence-electron chi connectivity index (χ3n) is 4.89. The van der Waals surface area contributed by atoms with Crippen LogP contribution in [0, 0.1) is 5.92 Å². The lowest BCUT2D eigenvalue weighted by Gasteiger charge is -2.12. The molecule has 1 heterocycles. The van der Waals surface area contributed by atoms with Crippen LogP contribution in [0.15, 0.2) is 36.4 Å². The monoisotopic (exact) mass is 396 g/mol. The van der Waals surface area contributed by atoms with Crippen LogP contribution in [0.3, 0.4) is 0 Å². The van der Waals surface area contributed by atoms with Crippen molar-refractivity contribution < 1.29 is 9.59 Å². The standard InChI is InChI=1S/C23H25ClN2O2/c1-4-7-19-22(23(28)14(2)3)21-16(10-15-8-5-6-9-18(15)24)11-17(25-13-27)12-20(21)26-19/h5-6,8-9,11-14,26H,4,7,10H2,1-3H3,(H,25,27). The minimum absolute atomic E-state index is 0.101. The van der Waals surface area contributed by atoms with Gasteiger partial charge in [0.15, 0.2) is 5.78 Å². The number of hydrogen-bond acceptors (Lipinski definition) is 2. The van der Waals surface area contributed by atoms with Gasteiger partial charge in [0.2, 0.25) is 6.41 Å². The van der Waals surface area contributed by atoms with E-state index >= 15 is 0 Å². The maximum atomic E-state index is 13.1. The summed E-state index contributed by atoms with van der Waals surface area (Å²) in [6.45, 7) is 5.94. The molecule has 0 saturated carbocycles. The molecule has 0 bridgehead atoms. The Labute approximate surface area is 170 Å².